The molecule has 1 saturated heterocycles. The van der Waals surface area contributed by atoms with Crippen molar-refractivity contribution >= 4 is 23.8 Å². The summed E-state index contributed by atoms with van der Waals surface area (Å²) in [5, 5.41) is 8.72. The van der Waals surface area contributed by atoms with Crippen molar-refractivity contribution in [2.45, 2.75) is 76.5 Å². The number of rotatable bonds is 7. The van der Waals surface area contributed by atoms with Crippen LogP contribution < -0.4 is 16.0 Å². The number of urea groups is 1. The molecule has 34 heavy (non-hydrogen) atoms. The molecule has 1 aromatic heterocycles. The Bertz CT molecular complexity index is 892. The lowest BCUT2D eigenvalue weighted by Gasteiger charge is -2.27. The summed E-state index contributed by atoms with van der Waals surface area (Å²) in [5.41, 5.74) is 0.443. The number of carbonyl (C=O) groups is 4. The summed E-state index contributed by atoms with van der Waals surface area (Å²) in [6.07, 6.45) is 7.35. The van der Waals surface area contributed by atoms with Crippen molar-refractivity contribution in [3.05, 3.63) is 24.0 Å². The molecule has 2 heterocycles. The van der Waals surface area contributed by atoms with Gasteiger partial charge in [-0.15, -0.1) is 0 Å². The predicted molar refractivity (Wildman–Crippen MR) is 126 cm³/mol. The Morgan fingerprint density at radius 2 is 1.74 bits per heavy atom. The minimum absolute atomic E-state index is 0.155. The maximum atomic E-state index is 13.3. The number of aromatic nitrogens is 1. The highest BCUT2D eigenvalue weighted by atomic mass is 16.5. The normalized spacial score (nSPS) is 21.7. The monoisotopic (exact) mass is 475 g/mol. The molecule has 188 valence electrons. The first-order valence-electron chi connectivity index (χ1n) is 12.1. The number of ether oxygens (including phenoxy) is 1. The standard InChI is InChI=1S/C24H37N5O5/c1-15(2)20(23(32)34-4)27-21(30)19-13-17(26-24(33)25-16-9-6-5-7-10-16)14-29(19)22(31)18-11-8-12-28(18)3/h8,11-12,15-17,19-20H,5-7,9-10,13-14H2,1-4H3,(H,27,30)(H2,25,26,33). The van der Waals surface area contributed by atoms with E-state index in [2.05, 4.69) is 16.0 Å². The second kappa shape index (κ2) is 11.4. The van der Waals surface area contributed by atoms with Crippen LogP contribution in [0.25, 0.3) is 0 Å². The fourth-order valence-electron chi connectivity index (χ4n) is 4.78. The van der Waals surface area contributed by atoms with Crippen molar-refractivity contribution in [3.8, 4) is 0 Å². The van der Waals surface area contributed by atoms with Gasteiger partial charge in [-0.3, -0.25) is 9.59 Å². The van der Waals surface area contributed by atoms with E-state index >= 15 is 0 Å². The Kier molecular flexibility index (Phi) is 8.57. The number of methoxy groups -OCH3 is 1. The molecule has 0 spiro atoms. The van der Waals surface area contributed by atoms with Gasteiger partial charge in [0.05, 0.1) is 13.2 Å². The van der Waals surface area contributed by atoms with E-state index in [0.717, 1.165) is 25.7 Å². The van der Waals surface area contributed by atoms with Gasteiger partial charge in [0.2, 0.25) is 5.91 Å². The summed E-state index contributed by atoms with van der Waals surface area (Å²) in [7, 11) is 3.04. The lowest BCUT2D eigenvalue weighted by molar-refractivity contribution is -0.146. The molecule has 1 aliphatic carbocycles. The van der Waals surface area contributed by atoms with Gasteiger partial charge < -0.3 is 30.2 Å². The molecule has 1 aromatic rings. The second-order valence-corrected chi connectivity index (χ2v) is 9.62. The molecule has 4 amide bonds. The molecule has 3 N–H and O–H groups in total. The van der Waals surface area contributed by atoms with Crippen molar-refractivity contribution in [1.82, 2.24) is 25.4 Å². The molecular formula is C24H37N5O5. The van der Waals surface area contributed by atoms with E-state index in [1.165, 1.54) is 18.4 Å². The van der Waals surface area contributed by atoms with Crippen molar-refractivity contribution in [2.75, 3.05) is 13.7 Å². The topological polar surface area (TPSA) is 122 Å². The Morgan fingerprint density at radius 1 is 1.06 bits per heavy atom. The smallest absolute Gasteiger partial charge is 0.328 e. The molecule has 2 fully saturated rings. The molecule has 2 aliphatic rings. The van der Waals surface area contributed by atoms with Crippen LogP contribution in [0.2, 0.25) is 0 Å². The van der Waals surface area contributed by atoms with Gasteiger partial charge in [-0.25, -0.2) is 9.59 Å². The Labute approximate surface area is 200 Å². The zero-order valence-electron chi connectivity index (χ0n) is 20.5. The zero-order chi connectivity index (χ0) is 24.8. The quantitative estimate of drug-likeness (QED) is 0.517. The Hall–Kier alpha value is -3.04. The van der Waals surface area contributed by atoms with Crippen molar-refractivity contribution in [1.29, 1.82) is 0 Å². The average molecular weight is 476 g/mol. The summed E-state index contributed by atoms with van der Waals surface area (Å²) >= 11 is 0. The molecule has 3 rings (SSSR count). The van der Waals surface area contributed by atoms with Crippen LogP contribution in [0.15, 0.2) is 18.3 Å². The minimum Gasteiger partial charge on any atom is -0.467 e. The van der Waals surface area contributed by atoms with E-state index in [4.69, 9.17) is 4.74 Å². The molecule has 3 unspecified atom stereocenters. The van der Waals surface area contributed by atoms with Crippen molar-refractivity contribution in [2.24, 2.45) is 13.0 Å². The summed E-state index contributed by atoms with van der Waals surface area (Å²) in [4.78, 5) is 52.8. The third-order valence-corrected chi connectivity index (χ3v) is 6.72. The zero-order valence-corrected chi connectivity index (χ0v) is 20.5. The van der Waals surface area contributed by atoms with Crippen LogP contribution in [0, 0.1) is 5.92 Å². The second-order valence-electron chi connectivity index (χ2n) is 9.62. The molecule has 0 aromatic carbocycles. The highest BCUT2D eigenvalue weighted by Gasteiger charge is 2.42. The number of hydrogen-bond acceptors (Lipinski definition) is 5. The number of esters is 1. The number of amides is 4. The molecule has 3 atom stereocenters. The van der Waals surface area contributed by atoms with Crippen LogP contribution in [0.3, 0.4) is 0 Å². The van der Waals surface area contributed by atoms with Crippen LogP contribution in [0.5, 0.6) is 0 Å². The third kappa shape index (κ3) is 6.09. The van der Waals surface area contributed by atoms with Gasteiger partial charge >= 0.3 is 12.0 Å². The molecule has 1 aliphatic heterocycles. The number of nitrogens with one attached hydrogen (secondary N) is 3. The van der Waals surface area contributed by atoms with Gasteiger partial charge in [-0.05, 0) is 37.3 Å². The van der Waals surface area contributed by atoms with Gasteiger partial charge in [-0.2, -0.15) is 0 Å². The van der Waals surface area contributed by atoms with E-state index in [1.807, 2.05) is 13.8 Å². The van der Waals surface area contributed by atoms with Crippen molar-refractivity contribution < 1.29 is 23.9 Å². The largest absolute Gasteiger partial charge is 0.467 e. The first kappa shape index (κ1) is 25.6. The molecule has 0 bridgehead atoms. The van der Waals surface area contributed by atoms with Crippen LogP contribution in [0.1, 0.15) is 62.9 Å². The SMILES string of the molecule is COC(=O)C(NC(=O)C1CC(NC(=O)NC2CCCCC2)CN1C(=O)c1cccn1C)C(C)C. The first-order chi connectivity index (χ1) is 16.2. The van der Waals surface area contributed by atoms with Gasteiger partial charge in [0.15, 0.2) is 0 Å². The maximum Gasteiger partial charge on any atom is 0.328 e. The highest BCUT2D eigenvalue weighted by Crippen LogP contribution is 2.23. The summed E-state index contributed by atoms with van der Waals surface area (Å²) in [6, 6.07) is 1.29. The van der Waals surface area contributed by atoms with Gasteiger partial charge in [0.25, 0.3) is 5.91 Å². The Balaban J connectivity index is 1.73. The first-order valence-corrected chi connectivity index (χ1v) is 12.1. The minimum atomic E-state index is -0.828. The van der Waals surface area contributed by atoms with Gasteiger partial charge in [0, 0.05) is 25.8 Å². The van der Waals surface area contributed by atoms with E-state index in [9.17, 15) is 19.2 Å². The lowest BCUT2D eigenvalue weighted by Crippen LogP contribution is -2.52. The number of carbonyl (C=O) groups excluding carboxylic acids is 4. The molecule has 10 nitrogen and oxygen atoms in total. The van der Waals surface area contributed by atoms with E-state index in [1.54, 1.807) is 29.9 Å². The molecule has 0 radical (unpaired) electrons. The highest BCUT2D eigenvalue weighted by molar-refractivity contribution is 5.98. The maximum absolute atomic E-state index is 13.3. The summed E-state index contributed by atoms with van der Waals surface area (Å²) in [5.74, 6) is -1.47. The summed E-state index contributed by atoms with van der Waals surface area (Å²) in [6.45, 7) is 3.82. The van der Waals surface area contributed by atoms with Crippen molar-refractivity contribution in [3.63, 3.8) is 0 Å². The van der Waals surface area contributed by atoms with E-state index in [-0.39, 0.29) is 42.9 Å². The molecular weight excluding hydrogens is 438 g/mol. The van der Waals surface area contributed by atoms with Crippen LogP contribution in [0.4, 0.5) is 4.79 Å². The van der Waals surface area contributed by atoms with Crippen LogP contribution >= 0.6 is 0 Å². The van der Waals surface area contributed by atoms with Gasteiger partial charge in [-0.1, -0.05) is 33.1 Å². The Morgan fingerprint density at radius 3 is 2.32 bits per heavy atom. The molecule has 1 saturated carbocycles. The summed E-state index contributed by atoms with van der Waals surface area (Å²) < 4.78 is 6.52. The average Bonchev–Trinajstić information content (AvgIpc) is 3.43. The van der Waals surface area contributed by atoms with Crippen LogP contribution in [-0.4, -0.2) is 71.1 Å². The van der Waals surface area contributed by atoms with Gasteiger partial charge in [0.1, 0.15) is 17.8 Å². The predicted octanol–water partition coefficient (Wildman–Crippen LogP) is 1.55. The fraction of sp³-hybridized carbons (Fsp3) is 0.667. The fourth-order valence-corrected chi connectivity index (χ4v) is 4.78. The number of nitrogens with zero attached hydrogens (tertiary/aromatic N) is 2. The lowest BCUT2D eigenvalue weighted by atomic mass is 9.96. The van der Waals surface area contributed by atoms with Crippen LogP contribution in [-0.2, 0) is 21.4 Å². The number of likely N-dealkylation sites (tertiary alicyclic amines) is 1. The van der Waals surface area contributed by atoms with E-state index in [0.29, 0.717) is 5.69 Å². The van der Waals surface area contributed by atoms with E-state index < -0.39 is 24.0 Å². The number of hydrogen-bond donors (Lipinski definition) is 3. The number of aryl methyl sites for hydroxylation is 1. The third-order valence-electron chi connectivity index (χ3n) is 6.72. The molecule has 10 heteroatoms.